The van der Waals surface area contributed by atoms with Crippen LogP contribution >= 0.6 is 0 Å². The van der Waals surface area contributed by atoms with Gasteiger partial charge in [-0.05, 0) is 31.5 Å². The van der Waals surface area contributed by atoms with E-state index >= 15 is 0 Å². The van der Waals surface area contributed by atoms with Crippen LogP contribution in [-0.2, 0) is 12.8 Å². The van der Waals surface area contributed by atoms with Crippen LogP contribution in [-0.4, -0.2) is 57.6 Å². The molecule has 3 N–H and O–H groups in total. The molecule has 0 bridgehead atoms. The van der Waals surface area contributed by atoms with Crippen molar-refractivity contribution in [3.05, 3.63) is 41.1 Å². The van der Waals surface area contributed by atoms with E-state index in [1.165, 1.54) is 0 Å². The molecule has 1 saturated heterocycles. The van der Waals surface area contributed by atoms with Crippen LogP contribution in [0.1, 0.15) is 35.5 Å². The standard InChI is InChI=1S/C23H25F2N5O/c1-12-11-30(6-5-26-12)21(31)14-4-3-13-7-17(27-16(13)8-14)20-15-9-19-22(2,23(19,24)25)10-18(15)28-29-20/h3-4,7-8,12,19,26-27H,5-6,9-11H2,1-2H3,(H,28,29)/t12-,19-,22?/m0/s1. The van der Waals surface area contributed by atoms with Gasteiger partial charge in [0.25, 0.3) is 11.8 Å². The van der Waals surface area contributed by atoms with Gasteiger partial charge in [-0.25, -0.2) is 8.78 Å². The van der Waals surface area contributed by atoms with Crippen LogP contribution in [0.15, 0.2) is 24.3 Å². The van der Waals surface area contributed by atoms with E-state index in [0.29, 0.717) is 37.2 Å². The van der Waals surface area contributed by atoms with E-state index in [2.05, 4.69) is 27.4 Å². The van der Waals surface area contributed by atoms with E-state index in [1.54, 1.807) is 6.92 Å². The molecule has 3 aliphatic rings. The molecule has 2 fully saturated rings. The van der Waals surface area contributed by atoms with Crippen LogP contribution in [0, 0.1) is 11.3 Å². The van der Waals surface area contributed by atoms with Gasteiger partial charge in [0.2, 0.25) is 0 Å². The summed E-state index contributed by atoms with van der Waals surface area (Å²) in [6.07, 6.45) is 0.667. The van der Waals surface area contributed by atoms with E-state index in [4.69, 9.17) is 0 Å². The third kappa shape index (κ3) is 2.63. The molecule has 3 atom stereocenters. The number of hydrogen-bond acceptors (Lipinski definition) is 3. The highest BCUT2D eigenvalue weighted by Crippen LogP contribution is 2.70. The molecule has 2 aliphatic carbocycles. The first-order chi connectivity index (χ1) is 14.8. The van der Waals surface area contributed by atoms with Crippen molar-refractivity contribution < 1.29 is 13.6 Å². The summed E-state index contributed by atoms with van der Waals surface area (Å²) in [6, 6.07) is 7.92. The van der Waals surface area contributed by atoms with Crippen LogP contribution in [0.4, 0.5) is 8.78 Å². The Balaban J connectivity index is 1.31. The van der Waals surface area contributed by atoms with Crippen LogP contribution < -0.4 is 5.32 Å². The van der Waals surface area contributed by atoms with Gasteiger partial charge >= 0.3 is 0 Å². The largest absolute Gasteiger partial charge is 0.353 e. The Labute approximate surface area is 178 Å². The predicted molar refractivity (Wildman–Crippen MR) is 113 cm³/mol. The van der Waals surface area contributed by atoms with Gasteiger partial charge in [0.15, 0.2) is 0 Å². The Morgan fingerprint density at radius 2 is 2.13 bits per heavy atom. The molecule has 3 aromatic rings. The number of amides is 1. The van der Waals surface area contributed by atoms with Crippen molar-refractivity contribution in [1.29, 1.82) is 0 Å². The molecule has 6 nitrogen and oxygen atoms in total. The van der Waals surface area contributed by atoms with E-state index < -0.39 is 17.3 Å². The third-order valence-electron chi connectivity index (χ3n) is 7.57. The fourth-order valence-corrected chi connectivity index (χ4v) is 5.52. The van der Waals surface area contributed by atoms with Crippen molar-refractivity contribution >= 4 is 16.8 Å². The van der Waals surface area contributed by atoms with Crippen molar-refractivity contribution in [2.45, 2.75) is 38.7 Å². The molecule has 162 valence electrons. The van der Waals surface area contributed by atoms with Crippen molar-refractivity contribution in [2.24, 2.45) is 11.3 Å². The number of rotatable bonds is 2. The highest BCUT2D eigenvalue weighted by molar-refractivity contribution is 5.99. The first-order valence-electron chi connectivity index (χ1n) is 10.9. The molecule has 8 heteroatoms. The Kier molecular flexibility index (Phi) is 3.77. The Hall–Kier alpha value is -2.74. The predicted octanol–water partition coefficient (Wildman–Crippen LogP) is 3.36. The molecule has 0 spiro atoms. The first-order valence-corrected chi connectivity index (χ1v) is 10.9. The molecule has 1 aliphatic heterocycles. The number of aromatic nitrogens is 3. The molecular formula is C23H25F2N5O. The van der Waals surface area contributed by atoms with Crippen LogP contribution in [0.25, 0.3) is 22.3 Å². The summed E-state index contributed by atoms with van der Waals surface area (Å²) in [6.45, 7) is 5.93. The lowest BCUT2D eigenvalue weighted by atomic mass is 9.87. The van der Waals surface area contributed by atoms with E-state index in [9.17, 15) is 13.6 Å². The van der Waals surface area contributed by atoms with Gasteiger partial charge in [-0.15, -0.1) is 0 Å². The summed E-state index contributed by atoms with van der Waals surface area (Å²) in [4.78, 5) is 18.2. The fourth-order valence-electron chi connectivity index (χ4n) is 5.52. The monoisotopic (exact) mass is 425 g/mol. The molecule has 3 heterocycles. The third-order valence-corrected chi connectivity index (χ3v) is 7.57. The number of hydrogen-bond donors (Lipinski definition) is 3. The van der Waals surface area contributed by atoms with Crippen molar-refractivity contribution in [3.8, 4) is 11.4 Å². The molecule has 6 rings (SSSR count). The van der Waals surface area contributed by atoms with E-state index in [1.807, 2.05) is 29.2 Å². The highest BCUT2D eigenvalue weighted by atomic mass is 19.3. The minimum Gasteiger partial charge on any atom is -0.353 e. The van der Waals surface area contributed by atoms with E-state index in [-0.39, 0.29) is 11.9 Å². The van der Waals surface area contributed by atoms with Crippen LogP contribution in [0.5, 0.6) is 0 Å². The summed E-state index contributed by atoms with van der Waals surface area (Å²) in [7, 11) is 0. The highest BCUT2D eigenvalue weighted by Gasteiger charge is 2.78. The fraction of sp³-hybridized carbons (Fsp3) is 0.478. The van der Waals surface area contributed by atoms with Gasteiger partial charge in [0, 0.05) is 71.2 Å². The summed E-state index contributed by atoms with van der Waals surface area (Å²) in [5, 5.41) is 11.8. The molecule has 0 radical (unpaired) electrons. The molecule has 31 heavy (non-hydrogen) atoms. The topological polar surface area (TPSA) is 76.8 Å². The zero-order valence-corrected chi connectivity index (χ0v) is 17.6. The Morgan fingerprint density at radius 1 is 1.29 bits per heavy atom. The van der Waals surface area contributed by atoms with Crippen molar-refractivity contribution in [1.82, 2.24) is 25.4 Å². The number of nitrogens with one attached hydrogen (secondary N) is 3. The molecule has 2 aromatic heterocycles. The maximum atomic E-state index is 14.2. The van der Waals surface area contributed by atoms with Crippen molar-refractivity contribution in [3.63, 3.8) is 0 Å². The summed E-state index contributed by atoms with van der Waals surface area (Å²) < 4.78 is 28.5. The van der Waals surface area contributed by atoms with Gasteiger partial charge in [0.05, 0.1) is 5.69 Å². The summed E-state index contributed by atoms with van der Waals surface area (Å²) in [5.41, 5.74) is 3.75. The normalized spacial score (nSPS) is 29.0. The number of benzene rings is 1. The Morgan fingerprint density at radius 3 is 2.94 bits per heavy atom. The maximum Gasteiger partial charge on any atom is 0.258 e. The van der Waals surface area contributed by atoms with Gasteiger partial charge in [0.1, 0.15) is 5.69 Å². The van der Waals surface area contributed by atoms with Gasteiger partial charge < -0.3 is 15.2 Å². The number of piperazine rings is 1. The number of fused-ring (bicyclic) bond motifs is 3. The number of halogens is 2. The van der Waals surface area contributed by atoms with Crippen LogP contribution in [0.2, 0.25) is 0 Å². The smallest absolute Gasteiger partial charge is 0.258 e. The SMILES string of the molecule is C[C@H]1CN(C(=O)c2ccc3cc(-c4n[nH]c5c4C[C@@H]4C(F)(F)C4(C)C5)[nH]c3c2)CCN1. The number of carbonyl (C=O) groups excluding carboxylic acids is 1. The second-order valence-corrected chi connectivity index (χ2v) is 9.59. The molecule has 1 unspecified atom stereocenters. The van der Waals surface area contributed by atoms with Gasteiger partial charge in [-0.3, -0.25) is 9.89 Å². The molecule has 1 saturated carbocycles. The lowest BCUT2D eigenvalue weighted by Crippen LogP contribution is -2.51. The quantitative estimate of drug-likeness (QED) is 0.589. The minimum atomic E-state index is -2.61. The Bertz CT molecular complexity index is 1210. The van der Waals surface area contributed by atoms with Crippen molar-refractivity contribution in [2.75, 3.05) is 19.6 Å². The van der Waals surface area contributed by atoms with Gasteiger partial charge in [-0.2, -0.15) is 5.10 Å². The average Bonchev–Trinajstić information content (AvgIpc) is 3.14. The lowest BCUT2D eigenvalue weighted by Gasteiger charge is -2.32. The number of nitrogens with zero attached hydrogens (tertiary/aromatic N) is 2. The lowest BCUT2D eigenvalue weighted by molar-refractivity contribution is 0.0631. The molecule has 1 aromatic carbocycles. The zero-order valence-electron chi connectivity index (χ0n) is 17.6. The minimum absolute atomic E-state index is 0.0267. The van der Waals surface area contributed by atoms with Crippen LogP contribution in [0.3, 0.4) is 0 Å². The molecular weight excluding hydrogens is 400 g/mol. The molecule has 1 amide bonds. The maximum absolute atomic E-state index is 14.2. The number of carbonyl (C=O) groups is 1. The number of aromatic amines is 2. The number of H-pyrrole nitrogens is 2. The zero-order chi connectivity index (χ0) is 21.5. The van der Waals surface area contributed by atoms with Gasteiger partial charge in [-0.1, -0.05) is 13.0 Å². The second-order valence-electron chi connectivity index (χ2n) is 9.59. The first kappa shape index (κ1) is 19.0. The summed E-state index contributed by atoms with van der Waals surface area (Å²) in [5.74, 6) is -3.20. The summed E-state index contributed by atoms with van der Waals surface area (Å²) >= 11 is 0. The second kappa shape index (κ2) is 6.16. The number of alkyl halides is 2. The van der Waals surface area contributed by atoms with E-state index in [0.717, 1.165) is 34.4 Å². The average molecular weight is 425 g/mol.